The predicted molar refractivity (Wildman–Crippen MR) is 116 cm³/mol. The normalized spacial score (nSPS) is 15.7. The van der Waals surface area contributed by atoms with Crippen molar-refractivity contribution >= 4 is 39.7 Å². The van der Waals surface area contributed by atoms with Gasteiger partial charge in [0.05, 0.1) is 17.0 Å². The first-order chi connectivity index (χ1) is 14.6. The summed E-state index contributed by atoms with van der Waals surface area (Å²) in [6.45, 7) is 0. The number of hydrazine groups is 1. The average Bonchev–Trinajstić information content (AvgIpc) is 3.38. The Labute approximate surface area is 176 Å². The van der Waals surface area contributed by atoms with E-state index < -0.39 is 4.90 Å². The smallest absolute Gasteiger partial charge is 0.231 e. The highest BCUT2D eigenvalue weighted by Crippen LogP contribution is 2.34. The standard InChI is InChI=1S/C22H14ClN4O3/c23-15-8-11-20-19(12-15)24-22(30-20)18-13-26(16-4-2-1-3-5-16)25-21(18)14-6-9-17(10-7-14)27(28)29/h1-13,25H/q-1. The second-order valence-electron chi connectivity index (χ2n) is 6.67. The molecule has 0 unspecified atom stereocenters. The van der Waals surface area contributed by atoms with Crippen LogP contribution in [0.4, 0.5) is 5.69 Å². The molecular weight excluding hydrogens is 404 g/mol. The van der Waals surface area contributed by atoms with Gasteiger partial charge in [0.2, 0.25) is 11.6 Å². The summed E-state index contributed by atoms with van der Waals surface area (Å²) in [5, 5.41) is 24.5. The molecule has 30 heavy (non-hydrogen) atoms. The monoisotopic (exact) mass is 417 g/mol. The lowest BCUT2D eigenvalue weighted by Gasteiger charge is -2.18. The first-order valence-corrected chi connectivity index (χ1v) is 9.48. The van der Waals surface area contributed by atoms with Gasteiger partial charge in [0.15, 0.2) is 5.58 Å². The zero-order chi connectivity index (χ0) is 20.7. The number of hydrogen-bond acceptors (Lipinski definition) is 6. The SMILES string of the molecule is [O-][N+]([O-])=C1C=CC(=C2NN(c3ccccc3)C=C2c2nc3cc(Cl)ccc3o2)C=C1. The summed E-state index contributed by atoms with van der Waals surface area (Å²) < 4.78 is 5.97. The maximum atomic E-state index is 11.0. The maximum Gasteiger partial charge on any atom is 0.231 e. The third kappa shape index (κ3) is 3.21. The number of benzene rings is 2. The lowest BCUT2D eigenvalue weighted by molar-refractivity contribution is -0.377. The van der Waals surface area contributed by atoms with Crippen molar-refractivity contribution in [3.8, 4) is 0 Å². The molecule has 5 rings (SSSR count). The number of fused-ring (bicyclic) bond motifs is 1. The van der Waals surface area contributed by atoms with E-state index in [-0.39, 0.29) is 5.71 Å². The molecule has 7 nitrogen and oxygen atoms in total. The fraction of sp³-hybridized carbons (Fsp3) is 0. The zero-order valence-electron chi connectivity index (χ0n) is 15.4. The zero-order valence-corrected chi connectivity index (χ0v) is 16.2. The van der Waals surface area contributed by atoms with Crippen molar-refractivity contribution in [3.63, 3.8) is 0 Å². The maximum absolute atomic E-state index is 11.0. The lowest BCUT2D eigenvalue weighted by atomic mass is 10.0. The molecule has 2 heterocycles. The van der Waals surface area contributed by atoms with Crippen LogP contribution in [0, 0.1) is 10.4 Å². The van der Waals surface area contributed by atoms with Gasteiger partial charge in [-0.2, -0.15) is 4.90 Å². The van der Waals surface area contributed by atoms with E-state index in [0.29, 0.717) is 22.0 Å². The highest BCUT2D eigenvalue weighted by molar-refractivity contribution is 6.31. The number of halogens is 1. The molecule has 1 N–H and O–H groups in total. The van der Waals surface area contributed by atoms with E-state index in [1.165, 1.54) is 12.2 Å². The molecule has 2 aliphatic rings. The molecular formula is C22H14ClN4O3-. The number of rotatable bonds is 2. The average molecular weight is 418 g/mol. The number of anilines is 1. The van der Waals surface area contributed by atoms with Gasteiger partial charge in [0.25, 0.3) is 0 Å². The quantitative estimate of drug-likeness (QED) is 0.481. The van der Waals surface area contributed by atoms with Crippen LogP contribution in [0.2, 0.25) is 5.02 Å². The summed E-state index contributed by atoms with van der Waals surface area (Å²) >= 11 is 6.08. The van der Waals surface area contributed by atoms with Crippen LogP contribution in [-0.2, 0) is 0 Å². The largest absolute Gasteiger partial charge is 0.612 e. The molecule has 0 bridgehead atoms. The predicted octanol–water partition coefficient (Wildman–Crippen LogP) is 4.68. The number of nitrogens with zero attached hydrogens (tertiary/aromatic N) is 3. The van der Waals surface area contributed by atoms with Crippen molar-refractivity contribution in [2.24, 2.45) is 0 Å². The Morgan fingerprint density at radius 3 is 2.50 bits per heavy atom. The van der Waals surface area contributed by atoms with Crippen molar-refractivity contribution in [1.82, 2.24) is 10.4 Å². The molecule has 0 fully saturated rings. The molecule has 0 amide bonds. The second-order valence-corrected chi connectivity index (χ2v) is 7.11. The molecule has 1 aliphatic carbocycles. The molecule has 0 radical (unpaired) electrons. The van der Waals surface area contributed by atoms with Crippen molar-refractivity contribution in [1.29, 1.82) is 0 Å². The summed E-state index contributed by atoms with van der Waals surface area (Å²) in [4.78, 5) is 4.17. The number of aromatic nitrogens is 1. The summed E-state index contributed by atoms with van der Waals surface area (Å²) in [5.41, 5.74) is 7.78. The fourth-order valence-corrected chi connectivity index (χ4v) is 3.45. The molecule has 3 aromatic rings. The summed E-state index contributed by atoms with van der Waals surface area (Å²) in [6.07, 6.45) is 8.22. The number of hydrogen-bond donors (Lipinski definition) is 1. The molecule has 0 saturated heterocycles. The first kappa shape index (κ1) is 18.1. The fourth-order valence-electron chi connectivity index (χ4n) is 3.28. The molecule has 0 atom stereocenters. The van der Waals surface area contributed by atoms with E-state index in [4.69, 9.17) is 16.0 Å². The Bertz CT molecular complexity index is 1280. The molecule has 8 heteroatoms. The number of nitrogens with one attached hydrogen (secondary N) is 1. The number of oxazole rings is 1. The molecule has 148 valence electrons. The second kappa shape index (κ2) is 7.13. The lowest BCUT2D eigenvalue weighted by Crippen LogP contribution is -2.28. The minimum Gasteiger partial charge on any atom is -0.612 e. The van der Waals surface area contributed by atoms with Crippen molar-refractivity contribution in [3.05, 3.63) is 112 Å². The van der Waals surface area contributed by atoms with Gasteiger partial charge in [-0.15, -0.1) is 0 Å². The highest BCUT2D eigenvalue weighted by atomic mass is 35.5. The molecule has 0 spiro atoms. The highest BCUT2D eigenvalue weighted by Gasteiger charge is 2.26. The van der Waals surface area contributed by atoms with Gasteiger partial charge >= 0.3 is 0 Å². The molecule has 2 aromatic carbocycles. The van der Waals surface area contributed by atoms with Crippen LogP contribution in [0.5, 0.6) is 0 Å². The van der Waals surface area contributed by atoms with Crippen LogP contribution in [-0.4, -0.2) is 15.6 Å². The van der Waals surface area contributed by atoms with E-state index in [9.17, 15) is 10.4 Å². The van der Waals surface area contributed by atoms with Gasteiger partial charge in [-0.05, 0) is 42.5 Å². The summed E-state index contributed by atoms with van der Waals surface area (Å²) in [7, 11) is 0. The van der Waals surface area contributed by atoms with Gasteiger partial charge in [-0.25, -0.2) is 4.98 Å². The van der Waals surface area contributed by atoms with Crippen LogP contribution in [0.25, 0.3) is 16.7 Å². The summed E-state index contributed by atoms with van der Waals surface area (Å²) in [6, 6.07) is 15.0. The van der Waals surface area contributed by atoms with Crippen molar-refractivity contribution in [2.45, 2.75) is 0 Å². The Morgan fingerprint density at radius 1 is 1.00 bits per heavy atom. The van der Waals surface area contributed by atoms with Gasteiger partial charge in [0.1, 0.15) is 5.52 Å². The van der Waals surface area contributed by atoms with E-state index in [1.807, 2.05) is 41.5 Å². The molecule has 0 saturated carbocycles. The minimum atomic E-state index is -0.423. The Kier molecular flexibility index (Phi) is 4.30. The summed E-state index contributed by atoms with van der Waals surface area (Å²) in [5.74, 6) is 0.423. The van der Waals surface area contributed by atoms with Crippen molar-refractivity contribution < 1.29 is 9.32 Å². The van der Waals surface area contributed by atoms with Crippen LogP contribution < -0.4 is 10.4 Å². The Morgan fingerprint density at radius 2 is 1.77 bits per heavy atom. The van der Waals surface area contributed by atoms with Crippen LogP contribution in [0.1, 0.15) is 5.89 Å². The van der Waals surface area contributed by atoms with Gasteiger partial charge < -0.3 is 14.8 Å². The third-order valence-corrected chi connectivity index (χ3v) is 4.98. The van der Waals surface area contributed by atoms with Crippen LogP contribution in [0.3, 0.4) is 0 Å². The third-order valence-electron chi connectivity index (χ3n) is 4.74. The van der Waals surface area contributed by atoms with Crippen LogP contribution in [0.15, 0.2) is 94.7 Å². The van der Waals surface area contributed by atoms with E-state index >= 15 is 0 Å². The topological polar surface area (TPSA) is 90.4 Å². The molecule has 1 aromatic heterocycles. The Hall–Kier alpha value is -3.97. The van der Waals surface area contributed by atoms with Gasteiger partial charge in [-0.3, -0.25) is 10.4 Å². The Balaban J connectivity index is 1.63. The number of para-hydroxylation sites is 1. The van der Waals surface area contributed by atoms with E-state index in [2.05, 4.69) is 10.4 Å². The van der Waals surface area contributed by atoms with Gasteiger partial charge in [-0.1, -0.05) is 29.8 Å². The van der Waals surface area contributed by atoms with Crippen LogP contribution >= 0.6 is 11.6 Å². The minimum absolute atomic E-state index is 0.0271. The van der Waals surface area contributed by atoms with Crippen molar-refractivity contribution in [2.75, 3.05) is 5.01 Å². The number of allylic oxidation sites excluding steroid dienone is 6. The first-order valence-electron chi connectivity index (χ1n) is 9.10. The molecule has 1 aliphatic heterocycles. The van der Waals surface area contributed by atoms with E-state index in [1.54, 1.807) is 30.4 Å². The van der Waals surface area contributed by atoms with Gasteiger partial charge in [0, 0.05) is 28.9 Å². The van der Waals surface area contributed by atoms with E-state index in [0.717, 1.165) is 22.5 Å².